The normalized spacial score (nSPS) is 18.4. The Morgan fingerprint density at radius 2 is 1.52 bits per heavy atom. The Morgan fingerprint density at radius 1 is 0.909 bits per heavy atom. The van der Waals surface area contributed by atoms with Crippen LogP contribution in [0.15, 0.2) is 47.4 Å². The van der Waals surface area contributed by atoms with Crippen LogP contribution in [0.4, 0.5) is 14.5 Å². The van der Waals surface area contributed by atoms with E-state index in [4.69, 9.17) is 4.74 Å². The molecule has 0 radical (unpaired) electrons. The van der Waals surface area contributed by atoms with Gasteiger partial charge in [0.05, 0.1) is 7.11 Å². The van der Waals surface area contributed by atoms with Gasteiger partial charge in [-0.2, -0.15) is 4.31 Å². The van der Waals surface area contributed by atoms with Crippen molar-refractivity contribution in [3.63, 3.8) is 0 Å². The van der Waals surface area contributed by atoms with Crippen LogP contribution in [0.3, 0.4) is 0 Å². The molecule has 0 spiro atoms. The van der Waals surface area contributed by atoms with E-state index in [2.05, 4.69) is 4.90 Å². The van der Waals surface area contributed by atoms with Crippen LogP contribution in [-0.2, 0) is 14.8 Å². The molecule has 2 aliphatic rings. The van der Waals surface area contributed by atoms with Gasteiger partial charge in [0.2, 0.25) is 15.9 Å². The van der Waals surface area contributed by atoms with E-state index in [1.54, 1.807) is 12.1 Å². The third-order valence-corrected chi connectivity index (χ3v) is 8.25. The number of anilines is 1. The van der Waals surface area contributed by atoms with Crippen molar-refractivity contribution in [1.82, 2.24) is 9.21 Å². The Labute approximate surface area is 192 Å². The summed E-state index contributed by atoms with van der Waals surface area (Å²) in [4.78, 5) is 16.8. The molecule has 2 saturated heterocycles. The van der Waals surface area contributed by atoms with Gasteiger partial charge in [0.15, 0.2) is 0 Å². The summed E-state index contributed by atoms with van der Waals surface area (Å²) in [5, 5.41) is 0. The van der Waals surface area contributed by atoms with E-state index in [1.165, 1.54) is 29.6 Å². The van der Waals surface area contributed by atoms with Crippen LogP contribution in [0.5, 0.6) is 5.75 Å². The first-order chi connectivity index (χ1) is 15.8. The molecule has 2 aromatic rings. The minimum atomic E-state index is -3.93. The molecule has 178 valence electrons. The summed E-state index contributed by atoms with van der Waals surface area (Å²) in [7, 11) is -2.59. The number of piperidine rings is 1. The molecule has 0 bridgehead atoms. The first-order valence-electron chi connectivity index (χ1n) is 10.9. The summed E-state index contributed by atoms with van der Waals surface area (Å²) in [5.41, 5.74) is 0.926. The zero-order chi connectivity index (χ0) is 23.6. The van der Waals surface area contributed by atoms with Crippen molar-refractivity contribution in [3.05, 3.63) is 54.1 Å². The topological polar surface area (TPSA) is 70.2 Å². The highest BCUT2D eigenvalue weighted by Gasteiger charge is 2.36. The van der Waals surface area contributed by atoms with Gasteiger partial charge in [-0.1, -0.05) is 0 Å². The van der Waals surface area contributed by atoms with Gasteiger partial charge in [-0.05, 0) is 55.3 Å². The van der Waals surface area contributed by atoms with E-state index >= 15 is 0 Å². The number of nitrogens with zero attached hydrogens (tertiary/aromatic N) is 3. The smallest absolute Gasteiger partial charge is 0.246 e. The number of methoxy groups -OCH3 is 1. The van der Waals surface area contributed by atoms with Crippen molar-refractivity contribution in [2.24, 2.45) is 5.92 Å². The zero-order valence-electron chi connectivity index (χ0n) is 18.4. The van der Waals surface area contributed by atoms with Gasteiger partial charge in [0.1, 0.15) is 22.3 Å². The van der Waals surface area contributed by atoms with Crippen LogP contribution in [0.25, 0.3) is 0 Å². The second-order valence-corrected chi connectivity index (χ2v) is 10.2. The van der Waals surface area contributed by atoms with E-state index in [0.717, 1.165) is 17.8 Å². The predicted molar refractivity (Wildman–Crippen MR) is 120 cm³/mol. The maximum atomic E-state index is 13.7. The second kappa shape index (κ2) is 9.64. The summed E-state index contributed by atoms with van der Waals surface area (Å²) in [6.07, 6.45) is 0.821. The highest BCUT2D eigenvalue weighted by atomic mass is 32.2. The molecule has 0 atom stereocenters. The molecule has 0 N–H and O–H groups in total. The van der Waals surface area contributed by atoms with Gasteiger partial charge < -0.3 is 14.5 Å². The maximum Gasteiger partial charge on any atom is 0.246 e. The lowest BCUT2D eigenvalue weighted by atomic mass is 9.96. The summed E-state index contributed by atoms with van der Waals surface area (Å²) in [5.74, 6) is -1.05. The summed E-state index contributed by atoms with van der Waals surface area (Å²) < 4.78 is 59.3. The highest BCUT2D eigenvalue weighted by molar-refractivity contribution is 7.89. The molecule has 33 heavy (non-hydrogen) atoms. The Morgan fingerprint density at radius 3 is 2.12 bits per heavy atom. The number of halogens is 2. The van der Waals surface area contributed by atoms with Gasteiger partial charge in [0, 0.05) is 50.9 Å². The fourth-order valence-corrected chi connectivity index (χ4v) is 6.07. The first kappa shape index (κ1) is 23.4. The number of ether oxygens (including phenoxy) is 1. The molecule has 0 aliphatic carbocycles. The maximum absolute atomic E-state index is 13.7. The monoisotopic (exact) mass is 479 g/mol. The van der Waals surface area contributed by atoms with Crippen molar-refractivity contribution in [3.8, 4) is 5.75 Å². The summed E-state index contributed by atoms with van der Waals surface area (Å²) in [6, 6.07) is 9.73. The van der Waals surface area contributed by atoms with Gasteiger partial charge in [0.25, 0.3) is 0 Å². The fourth-order valence-electron chi connectivity index (χ4n) is 4.43. The van der Waals surface area contributed by atoms with E-state index < -0.39 is 15.8 Å². The van der Waals surface area contributed by atoms with Crippen molar-refractivity contribution >= 4 is 21.6 Å². The van der Waals surface area contributed by atoms with Crippen LogP contribution in [-0.4, -0.2) is 69.9 Å². The fraction of sp³-hybridized carbons (Fsp3) is 0.435. The number of carbonyl (C=O) groups excluding carboxylic acids is 1. The van der Waals surface area contributed by atoms with Crippen molar-refractivity contribution in [2.45, 2.75) is 17.7 Å². The molecule has 0 saturated carbocycles. The van der Waals surface area contributed by atoms with Crippen LogP contribution in [0.2, 0.25) is 0 Å². The first-order valence-corrected chi connectivity index (χ1v) is 12.4. The summed E-state index contributed by atoms with van der Waals surface area (Å²) >= 11 is 0. The minimum absolute atomic E-state index is 0.0362. The standard InChI is InChI=1S/C23H27F2N3O4S/c1-32-21-7-4-19(25)16-22(21)33(30,31)28-10-8-17(9-11-28)23(29)27-14-12-26(13-15-27)20-5-2-18(24)3-6-20/h2-7,16-17H,8-15H2,1H3. The quantitative estimate of drug-likeness (QED) is 0.660. The van der Waals surface area contributed by atoms with Crippen LogP contribution < -0.4 is 9.64 Å². The minimum Gasteiger partial charge on any atom is -0.495 e. The lowest BCUT2D eigenvalue weighted by Crippen LogP contribution is -2.52. The SMILES string of the molecule is COc1ccc(F)cc1S(=O)(=O)N1CCC(C(=O)N2CCN(c3ccc(F)cc3)CC2)CC1. The third-order valence-electron chi connectivity index (χ3n) is 6.33. The van der Waals surface area contributed by atoms with Crippen molar-refractivity contribution in [2.75, 3.05) is 51.3 Å². The Hall–Kier alpha value is -2.72. The number of carbonyl (C=O) groups is 1. The molecule has 2 heterocycles. The van der Waals surface area contributed by atoms with Crippen LogP contribution in [0.1, 0.15) is 12.8 Å². The van der Waals surface area contributed by atoms with E-state index in [0.29, 0.717) is 39.0 Å². The van der Waals surface area contributed by atoms with Crippen molar-refractivity contribution in [1.29, 1.82) is 0 Å². The Kier molecular flexibility index (Phi) is 6.85. The number of benzene rings is 2. The Bertz CT molecular complexity index is 1100. The average molecular weight is 480 g/mol. The largest absolute Gasteiger partial charge is 0.495 e. The molecule has 4 rings (SSSR count). The van der Waals surface area contributed by atoms with Crippen molar-refractivity contribution < 1.29 is 26.7 Å². The molecule has 2 fully saturated rings. The van der Waals surface area contributed by atoms with Crippen LogP contribution in [0, 0.1) is 17.6 Å². The number of hydrogen-bond donors (Lipinski definition) is 0. The highest BCUT2D eigenvalue weighted by Crippen LogP contribution is 2.31. The number of amides is 1. The molecular weight excluding hydrogens is 452 g/mol. The van der Waals surface area contributed by atoms with E-state index in [-0.39, 0.29) is 41.4 Å². The molecule has 2 aliphatic heterocycles. The number of hydrogen-bond acceptors (Lipinski definition) is 5. The molecule has 7 nitrogen and oxygen atoms in total. The van der Waals surface area contributed by atoms with E-state index in [9.17, 15) is 22.0 Å². The number of sulfonamides is 1. The third kappa shape index (κ3) is 4.96. The van der Waals surface area contributed by atoms with Gasteiger partial charge in [-0.25, -0.2) is 17.2 Å². The van der Waals surface area contributed by atoms with Gasteiger partial charge in [-0.15, -0.1) is 0 Å². The molecule has 10 heteroatoms. The van der Waals surface area contributed by atoms with Crippen LogP contribution >= 0.6 is 0 Å². The Balaban J connectivity index is 1.34. The predicted octanol–water partition coefficient (Wildman–Crippen LogP) is 2.72. The molecule has 0 aromatic heterocycles. The summed E-state index contributed by atoms with van der Waals surface area (Å²) in [6.45, 7) is 2.82. The number of rotatable bonds is 5. The lowest BCUT2D eigenvalue weighted by Gasteiger charge is -2.39. The van der Waals surface area contributed by atoms with E-state index in [1.807, 2.05) is 4.90 Å². The molecule has 1 amide bonds. The van der Waals surface area contributed by atoms with Gasteiger partial charge >= 0.3 is 0 Å². The lowest BCUT2D eigenvalue weighted by molar-refractivity contribution is -0.137. The number of piperazine rings is 1. The molecular formula is C23H27F2N3O4S. The average Bonchev–Trinajstić information content (AvgIpc) is 2.84. The molecule has 0 unspecified atom stereocenters. The second-order valence-electron chi connectivity index (χ2n) is 8.26. The molecule has 2 aromatic carbocycles. The van der Waals surface area contributed by atoms with Gasteiger partial charge in [-0.3, -0.25) is 4.79 Å². The zero-order valence-corrected chi connectivity index (χ0v) is 19.2.